The van der Waals surface area contributed by atoms with Crippen molar-refractivity contribution in [1.29, 1.82) is 5.26 Å². The maximum Gasteiger partial charge on any atom is 0.336 e. The molecule has 0 aliphatic carbocycles. The predicted molar refractivity (Wildman–Crippen MR) is 80.1 cm³/mol. The fourth-order valence-corrected chi connectivity index (χ4v) is 2.72. The van der Waals surface area contributed by atoms with Crippen molar-refractivity contribution in [2.24, 2.45) is 5.92 Å². The number of carbonyl (C=O) groups is 1. The summed E-state index contributed by atoms with van der Waals surface area (Å²) in [6.07, 6.45) is 1.63. The SMILES string of the molecule is COc1cc(OC)c(CN2CCC(C#N)CC2)c(C(=O)O)c1. The molecule has 0 unspecified atom stereocenters. The number of aromatic carboxylic acids is 1. The molecule has 1 aromatic rings. The first-order chi connectivity index (χ1) is 10.6. The highest BCUT2D eigenvalue weighted by Gasteiger charge is 2.23. The van der Waals surface area contributed by atoms with Crippen molar-refractivity contribution in [2.75, 3.05) is 27.3 Å². The normalized spacial score (nSPS) is 16.0. The van der Waals surface area contributed by atoms with Crippen molar-refractivity contribution in [2.45, 2.75) is 19.4 Å². The number of rotatable bonds is 5. The Labute approximate surface area is 129 Å². The number of nitrogens with zero attached hydrogens (tertiary/aromatic N) is 2. The Bertz CT molecular complexity index is 587. The topological polar surface area (TPSA) is 82.8 Å². The quantitative estimate of drug-likeness (QED) is 0.897. The summed E-state index contributed by atoms with van der Waals surface area (Å²) in [6.45, 7) is 2.06. The smallest absolute Gasteiger partial charge is 0.336 e. The number of methoxy groups -OCH3 is 2. The van der Waals surface area contributed by atoms with Gasteiger partial charge in [-0.2, -0.15) is 5.26 Å². The number of nitriles is 1. The van der Waals surface area contributed by atoms with Crippen molar-refractivity contribution < 1.29 is 19.4 Å². The number of hydrogen-bond donors (Lipinski definition) is 1. The Kier molecular flexibility index (Phi) is 5.23. The van der Waals surface area contributed by atoms with Crippen LogP contribution in [0.1, 0.15) is 28.8 Å². The summed E-state index contributed by atoms with van der Waals surface area (Å²) in [7, 11) is 3.01. The average Bonchev–Trinajstić information content (AvgIpc) is 2.55. The molecular weight excluding hydrogens is 284 g/mol. The summed E-state index contributed by atoms with van der Waals surface area (Å²) in [4.78, 5) is 13.7. The molecule has 0 amide bonds. The van der Waals surface area contributed by atoms with Gasteiger partial charge in [-0.25, -0.2) is 4.79 Å². The van der Waals surface area contributed by atoms with Gasteiger partial charge in [-0.05, 0) is 32.0 Å². The van der Waals surface area contributed by atoms with Gasteiger partial charge in [-0.1, -0.05) is 0 Å². The number of likely N-dealkylation sites (tertiary alicyclic amines) is 1. The van der Waals surface area contributed by atoms with E-state index in [1.54, 1.807) is 6.07 Å². The summed E-state index contributed by atoms with van der Waals surface area (Å²) in [5.74, 6) is 0.0763. The van der Waals surface area contributed by atoms with Crippen LogP contribution in [0.5, 0.6) is 11.5 Å². The molecule has 6 nitrogen and oxygen atoms in total. The third-order valence-electron chi connectivity index (χ3n) is 4.02. The van der Waals surface area contributed by atoms with E-state index < -0.39 is 5.97 Å². The van der Waals surface area contributed by atoms with Gasteiger partial charge in [0.1, 0.15) is 11.5 Å². The molecule has 1 N–H and O–H groups in total. The van der Waals surface area contributed by atoms with Gasteiger partial charge >= 0.3 is 5.97 Å². The maximum absolute atomic E-state index is 11.5. The van der Waals surface area contributed by atoms with Crippen LogP contribution in [-0.4, -0.2) is 43.3 Å². The second-order valence-corrected chi connectivity index (χ2v) is 5.34. The standard InChI is InChI=1S/C16H20N2O4/c1-21-12-7-13(16(19)20)14(15(8-12)22-2)10-18-5-3-11(9-17)4-6-18/h7-8,11H,3-6,10H2,1-2H3,(H,19,20). The zero-order valence-corrected chi connectivity index (χ0v) is 12.8. The monoisotopic (exact) mass is 304 g/mol. The molecule has 1 saturated heterocycles. The highest BCUT2D eigenvalue weighted by atomic mass is 16.5. The van der Waals surface area contributed by atoms with Crippen LogP contribution in [0.3, 0.4) is 0 Å². The first kappa shape index (κ1) is 16.1. The number of benzene rings is 1. The van der Waals surface area contributed by atoms with Gasteiger partial charge in [-0.3, -0.25) is 4.90 Å². The third kappa shape index (κ3) is 3.49. The Morgan fingerprint density at radius 1 is 1.36 bits per heavy atom. The van der Waals surface area contributed by atoms with Gasteiger partial charge in [0, 0.05) is 24.1 Å². The summed E-state index contributed by atoms with van der Waals surface area (Å²) >= 11 is 0. The second-order valence-electron chi connectivity index (χ2n) is 5.34. The summed E-state index contributed by atoms with van der Waals surface area (Å²) in [5.41, 5.74) is 0.838. The van der Waals surface area contributed by atoms with Crippen molar-refractivity contribution in [3.8, 4) is 17.6 Å². The van der Waals surface area contributed by atoms with E-state index in [2.05, 4.69) is 11.0 Å². The van der Waals surface area contributed by atoms with Crippen LogP contribution < -0.4 is 9.47 Å². The minimum atomic E-state index is -1.00. The molecule has 0 spiro atoms. The fourth-order valence-electron chi connectivity index (χ4n) is 2.72. The van der Waals surface area contributed by atoms with Crippen LogP contribution in [0.25, 0.3) is 0 Å². The van der Waals surface area contributed by atoms with Crippen molar-refractivity contribution in [1.82, 2.24) is 4.90 Å². The summed E-state index contributed by atoms with van der Waals surface area (Å²) in [5, 5.41) is 18.4. The van der Waals surface area contributed by atoms with E-state index in [9.17, 15) is 9.90 Å². The molecule has 6 heteroatoms. The lowest BCUT2D eigenvalue weighted by Gasteiger charge is -2.30. The molecule has 2 rings (SSSR count). The van der Waals surface area contributed by atoms with Crippen molar-refractivity contribution >= 4 is 5.97 Å². The Morgan fingerprint density at radius 2 is 2.05 bits per heavy atom. The lowest BCUT2D eigenvalue weighted by molar-refractivity contribution is 0.0692. The lowest BCUT2D eigenvalue weighted by atomic mass is 9.97. The summed E-state index contributed by atoms with van der Waals surface area (Å²) in [6, 6.07) is 5.51. The Hall–Kier alpha value is -2.26. The molecule has 22 heavy (non-hydrogen) atoms. The largest absolute Gasteiger partial charge is 0.497 e. The molecule has 1 aromatic carbocycles. The minimum Gasteiger partial charge on any atom is -0.497 e. The van der Waals surface area contributed by atoms with Crippen LogP contribution in [0.15, 0.2) is 12.1 Å². The molecule has 0 radical (unpaired) electrons. The molecule has 0 bridgehead atoms. The first-order valence-electron chi connectivity index (χ1n) is 7.19. The van der Waals surface area contributed by atoms with Crippen molar-refractivity contribution in [3.05, 3.63) is 23.3 Å². The predicted octanol–water partition coefficient (Wildman–Crippen LogP) is 2.14. The van der Waals surface area contributed by atoms with Gasteiger partial charge < -0.3 is 14.6 Å². The zero-order chi connectivity index (χ0) is 16.1. The fraction of sp³-hybridized carbons (Fsp3) is 0.500. The van der Waals surface area contributed by atoms with E-state index in [0.717, 1.165) is 25.9 Å². The van der Waals surface area contributed by atoms with Crippen LogP contribution in [0.2, 0.25) is 0 Å². The molecule has 0 atom stereocenters. The number of hydrogen-bond acceptors (Lipinski definition) is 5. The maximum atomic E-state index is 11.5. The third-order valence-corrected chi connectivity index (χ3v) is 4.02. The number of piperidine rings is 1. The summed E-state index contributed by atoms with van der Waals surface area (Å²) < 4.78 is 10.5. The van der Waals surface area contributed by atoms with Crippen LogP contribution >= 0.6 is 0 Å². The van der Waals surface area contributed by atoms with Gasteiger partial charge in [-0.15, -0.1) is 0 Å². The highest BCUT2D eigenvalue weighted by Crippen LogP contribution is 2.31. The van der Waals surface area contributed by atoms with Gasteiger partial charge in [0.15, 0.2) is 0 Å². The number of carboxylic acid groups (broad SMARTS) is 1. The Balaban J connectivity index is 2.26. The first-order valence-corrected chi connectivity index (χ1v) is 7.19. The highest BCUT2D eigenvalue weighted by molar-refractivity contribution is 5.91. The minimum absolute atomic E-state index is 0.105. The second kappa shape index (κ2) is 7.14. The van der Waals surface area contributed by atoms with E-state index in [1.807, 2.05) is 0 Å². The van der Waals surface area contributed by atoms with Gasteiger partial charge in [0.25, 0.3) is 0 Å². The molecule has 0 aromatic heterocycles. The van der Waals surface area contributed by atoms with Crippen LogP contribution in [0.4, 0.5) is 0 Å². The number of carboxylic acids is 1. The van der Waals surface area contributed by atoms with Gasteiger partial charge in [0.2, 0.25) is 0 Å². The van der Waals surface area contributed by atoms with E-state index >= 15 is 0 Å². The van der Waals surface area contributed by atoms with E-state index in [1.165, 1.54) is 20.3 Å². The molecule has 0 saturated carbocycles. The molecular formula is C16H20N2O4. The van der Waals surface area contributed by atoms with Crippen LogP contribution in [-0.2, 0) is 6.54 Å². The molecule has 1 aliphatic heterocycles. The molecule has 1 fully saturated rings. The molecule has 118 valence electrons. The lowest BCUT2D eigenvalue weighted by Crippen LogP contribution is -2.33. The number of ether oxygens (including phenoxy) is 2. The van der Waals surface area contributed by atoms with E-state index in [-0.39, 0.29) is 11.5 Å². The molecule has 1 heterocycles. The van der Waals surface area contributed by atoms with Gasteiger partial charge in [0.05, 0.1) is 25.9 Å². The van der Waals surface area contributed by atoms with E-state index in [0.29, 0.717) is 23.6 Å². The van der Waals surface area contributed by atoms with Crippen LogP contribution in [0, 0.1) is 17.2 Å². The van der Waals surface area contributed by atoms with E-state index in [4.69, 9.17) is 14.7 Å². The Morgan fingerprint density at radius 3 is 2.55 bits per heavy atom. The zero-order valence-electron chi connectivity index (χ0n) is 12.8. The van der Waals surface area contributed by atoms with Crippen molar-refractivity contribution in [3.63, 3.8) is 0 Å². The average molecular weight is 304 g/mol. The molecule has 1 aliphatic rings.